The molecule has 0 radical (unpaired) electrons. The van der Waals surface area contributed by atoms with Gasteiger partial charge < -0.3 is 9.84 Å². The number of hydrogen-bond donors (Lipinski definition) is 1. The number of aliphatic hydroxyl groups is 1. The van der Waals surface area contributed by atoms with E-state index < -0.39 is 5.60 Å². The summed E-state index contributed by atoms with van der Waals surface area (Å²) in [6, 6.07) is 9.13. The van der Waals surface area contributed by atoms with E-state index in [-0.39, 0.29) is 0 Å². The molecule has 3 fully saturated rings. The lowest BCUT2D eigenvalue weighted by atomic mass is 9.95. The highest BCUT2D eigenvalue weighted by molar-refractivity contribution is 5.37. The van der Waals surface area contributed by atoms with Crippen molar-refractivity contribution in [3.63, 3.8) is 0 Å². The van der Waals surface area contributed by atoms with Gasteiger partial charge in [0.1, 0.15) is 5.60 Å². The molecule has 0 aliphatic carbocycles. The first-order valence-corrected chi connectivity index (χ1v) is 9.73. The molecule has 4 rings (SSSR count). The molecule has 0 aromatic heterocycles. The van der Waals surface area contributed by atoms with Gasteiger partial charge >= 0.3 is 0 Å². The summed E-state index contributed by atoms with van der Waals surface area (Å²) in [7, 11) is 1.79. The van der Waals surface area contributed by atoms with Crippen molar-refractivity contribution in [2.75, 3.05) is 39.9 Å². The van der Waals surface area contributed by atoms with Gasteiger partial charge in [-0.3, -0.25) is 9.80 Å². The van der Waals surface area contributed by atoms with E-state index in [9.17, 15) is 5.11 Å². The lowest BCUT2D eigenvalue weighted by molar-refractivity contribution is 0.0867. The molecule has 0 amide bonds. The van der Waals surface area contributed by atoms with E-state index in [1.807, 2.05) is 0 Å². The molecule has 3 heterocycles. The third-order valence-electron chi connectivity index (χ3n) is 5.36. The molecule has 3 aliphatic heterocycles. The predicted molar refractivity (Wildman–Crippen MR) is 105 cm³/mol. The Hall–Kier alpha value is -1.38. The average Bonchev–Trinajstić information content (AvgIpc) is 2.89. The third kappa shape index (κ3) is 5.56. The molecule has 1 N–H and O–H groups in total. The number of methoxy groups -OCH3 is 1. The standard InChI is InChI=1S/C22H32N2O2/c1-22(2,25)11-10-18-4-6-19(7-5-18)14-23-15-20-8-9-21(17-23)24(16-20)12-13-26-3/h4-7,20-21,25H,8-9,12-17H2,1-3H3/t20-,21+/m0/s1. The highest BCUT2D eigenvalue weighted by atomic mass is 16.5. The van der Waals surface area contributed by atoms with Crippen LogP contribution in [0.25, 0.3) is 0 Å². The van der Waals surface area contributed by atoms with Gasteiger partial charge in [-0.05, 0) is 50.3 Å². The van der Waals surface area contributed by atoms with Crippen LogP contribution in [0.1, 0.15) is 37.8 Å². The Morgan fingerprint density at radius 2 is 1.92 bits per heavy atom. The summed E-state index contributed by atoms with van der Waals surface area (Å²) in [4.78, 5) is 5.25. The van der Waals surface area contributed by atoms with Crippen molar-refractivity contribution in [3.8, 4) is 11.8 Å². The second kappa shape index (κ2) is 8.54. The maximum atomic E-state index is 9.72. The molecule has 0 spiro atoms. The van der Waals surface area contributed by atoms with Gasteiger partial charge in [0.2, 0.25) is 0 Å². The van der Waals surface area contributed by atoms with Gasteiger partial charge in [0.05, 0.1) is 6.61 Å². The van der Waals surface area contributed by atoms with Crippen LogP contribution in [0.4, 0.5) is 0 Å². The van der Waals surface area contributed by atoms with Crippen LogP contribution in [0.5, 0.6) is 0 Å². The zero-order chi connectivity index (χ0) is 18.6. The molecule has 2 bridgehead atoms. The number of benzene rings is 1. The Balaban J connectivity index is 1.60. The molecular formula is C22H32N2O2. The van der Waals surface area contributed by atoms with Gasteiger partial charge in [0.15, 0.2) is 0 Å². The van der Waals surface area contributed by atoms with Crippen LogP contribution in [-0.2, 0) is 11.3 Å². The van der Waals surface area contributed by atoms with Crippen molar-refractivity contribution >= 4 is 0 Å². The monoisotopic (exact) mass is 356 g/mol. The first-order chi connectivity index (χ1) is 12.4. The molecule has 3 aliphatic rings. The zero-order valence-electron chi connectivity index (χ0n) is 16.4. The zero-order valence-corrected chi connectivity index (χ0v) is 16.4. The van der Waals surface area contributed by atoms with Crippen LogP contribution in [0.15, 0.2) is 24.3 Å². The molecule has 2 atom stereocenters. The Morgan fingerprint density at radius 3 is 2.62 bits per heavy atom. The van der Waals surface area contributed by atoms with Crippen LogP contribution < -0.4 is 0 Å². The topological polar surface area (TPSA) is 35.9 Å². The molecule has 26 heavy (non-hydrogen) atoms. The maximum Gasteiger partial charge on any atom is 0.120 e. The summed E-state index contributed by atoms with van der Waals surface area (Å²) in [6.45, 7) is 9.87. The van der Waals surface area contributed by atoms with E-state index >= 15 is 0 Å². The summed E-state index contributed by atoms with van der Waals surface area (Å²) in [5.74, 6) is 6.69. The van der Waals surface area contributed by atoms with E-state index in [0.717, 1.165) is 37.7 Å². The van der Waals surface area contributed by atoms with Crippen molar-refractivity contribution < 1.29 is 9.84 Å². The Morgan fingerprint density at radius 1 is 1.15 bits per heavy atom. The number of ether oxygens (including phenoxy) is 1. The minimum atomic E-state index is -0.946. The highest BCUT2D eigenvalue weighted by Gasteiger charge is 2.34. The number of rotatable bonds is 5. The maximum absolute atomic E-state index is 9.72. The highest BCUT2D eigenvalue weighted by Crippen LogP contribution is 2.28. The van der Waals surface area contributed by atoms with Gasteiger partial charge in [0.25, 0.3) is 0 Å². The largest absolute Gasteiger partial charge is 0.383 e. The molecule has 3 saturated heterocycles. The number of nitrogens with zero attached hydrogens (tertiary/aromatic N) is 2. The molecular weight excluding hydrogens is 324 g/mol. The van der Waals surface area contributed by atoms with Gasteiger partial charge in [-0.2, -0.15) is 0 Å². The van der Waals surface area contributed by atoms with Gasteiger partial charge in [-0.1, -0.05) is 24.0 Å². The molecule has 4 nitrogen and oxygen atoms in total. The van der Waals surface area contributed by atoms with Gasteiger partial charge in [-0.25, -0.2) is 0 Å². The van der Waals surface area contributed by atoms with Crippen LogP contribution in [0.2, 0.25) is 0 Å². The fraction of sp³-hybridized carbons (Fsp3) is 0.636. The van der Waals surface area contributed by atoms with Crippen molar-refractivity contribution in [3.05, 3.63) is 35.4 Å². The van der Waals surface area contributed by atoms with E-state index in [1.165, 1.54) is 31.5 Å². The van der Waals surface area contributed by atoms with Crippen LogP contribution in [-0.4, -0.2) is 66.4 Å². The number of piperidine rings is 1. The third-order valence-corrected chi connectivity index (χ3v) is 5.36. The predicted octanol–water partition coefficient (Wildman–Crippen LogP) is 2.35. The Bertz CT molecular complexity index is 639. The van der Waals surface area contributed by atoms with E-state index in [1.54, 1.807) is 21.0 Å². The van der Waals surface area contributed by atoms with Crippen molar-refractivity contribution in [1.29, 1.82) is 0 Å². The SMILES string of the molecule is COCCN1C[C@H]2CC[C@@H]1CN(Cc1ccc(C#CC(C)(C)O)cc1)C2. The van der Waals surface area contributed by atoms with E-state index in [4.69, 9.17) is 4.74 Å². The summed E-state index contributed by atoms with van der Waals surface area (Å²) >= 11 is 0. The minimum absolute atomic E-state index is 0.667. The van der Waals surface area contributed by atoms with Crippen LogP contribution >= 0.6 is 0 Å². The second-order valence-electron chi connectivity index (χ2n) is 8.28. The molecule has 142 valence electrons. The lowest BCUT2D eigenvalue weighted by Gasteiger charge is -2.35. The first kappa shape index (κ1) is 19.4. The summed E-state index contributed by atoms with van der Waals surface area (Å²) in [5, 5.41) is 9.72. The smallest absolute Gasteiger partial charge is 0.120 e. The lowest BCUT2D eigenvalue weighted by Crippen LogP contribution is -2.45. The van der Waals surface area contributed by atoms with E-state index in [2.05, 4.69) is 45.9 Å². The van der Waals surface area contributed by atoms with E-state index in [0.29, 0.717) is 6.04 Å². The molecule has 1 aromatic rings. The average molecular weight is 357 g/mol. The number of hydrogen-bond acceptors (Lipinski definition) is 4. The van der Waals surface area contributed by atoms with Gasteiger partial charge in [0, 0.05) is 51.4 Å². The minimum Gasteiger partial charge on any atom is -0.383 e. The molecule has 0 saturated carbocycles. The normalized spacial score (nSPS) is 24.2. The van der Waals surface area contributed by atoms with Crippen molar-refractivity contribution in [1.82, 2.24) is 9.80 Å². The Kier molecular flexibility index (Phi) is 6.37. The fourth-order valence-electron chi connectivity index (χ4n) is 4.06. The van der Waals surface area contributed by atoms with Crippen molar-refractivity contribution in [2.45, 2.75) is 44.9 Å². The quantitative estimate of drug-likeness (QED) is 0.822. The summed E-state index contributed by atoms with van der Waals surface area (Å²) < 4.78 is 5.29. The molecule has 1 aromatic carbocycles. The summed E-state index contributed by atoms with van der Waals surface area (Å²) in [5.41, 5.74) is 1.35. The van der Waals surface area contributed by atoms with Gasteiger partial charge in [-0.15, -0.1) is 0 Å². The van der Waals surface area contributed by atoms with Crippen LogP contribution in [0.3, 0.4) is 0 Å². The Labute approximate surface area is 158 Å². The number of fused-ring (bicyclic) bond motifs is 4. The summed E-state index contributed by atoms with van der Waals surface area (Å²) in [6.07, 6.45) is 2.67. The molecule has 4 heteroatoms. The fourth-order valence-corrected chi connectivity index (χ4v) is 4.06. The van der Waals surface area contributed by atoms with Crippen molar-refractivity contribution in [2.24, 2.45) is 5.92 Å². The van der Waals surface area contributed by atoms with Crippen LogP contribution in [0, 0.1) is 17.8 Å². The molecule has 0 unspecified atom stereocenters. The first-order valence-electron chi connectivity index (χ1n) is 9.73. The second-order valence-corrected chi connectivity index (χ2v) is 8.28.